The molecule has 270 valence electrons. The molecule has 2 rings (SSSR count). The number of aromatic amines is 1. The van der Waals surface area contributed by atoms with Gasteiger partial charge in [0.05, 0.1) is 13.2 Å². The number of para-hydroxylation sites is 1. The molecule has 0 fully saturated rings. The number of nitrogens with one attached hydrogen (secondary N) is 7. The summed E-state index contributed by atoms with van der Waals surface area (Å²) in [6.45, 7) is 2.59. The van der Waals surface area contributed by atoms with Crippen LogP contribution >= 0.6 is 0 Å². The number of benzene rings is 1. The van der Waals surface area contributed by atoms with Crippen molar-refractivity contribution < 1.29 is 43.8 Å². The molecule has 0 saturated heterocycles. The first kappa shape index (κ1) is 40.1. The SMILES string of the molecule is CC(=O)N[C@@H](CO)C(=O)N[C@@H](CO)C(=O)N[C@@H](C)C(=O)N[C@@H](Cc1c[nH]c2ccccc12)C(=O)N[C@@H](C)C(=O)N[C@@H](CCCCN)C(N)=O. The van der Waals surface area contributed by atoms with Crippen molar-refractivity contribution in [2.75, 3.05) is 19.8 Å². The maximum Gasteiger partial charge on any atom is 0.245 e. The highest BCUT2D eigenvalue weighted by molar-refractivity contribution is 5.97. The lowest BCUT2D eigenvalue weighted by Crippen LogP contribution is -2.59. The van der Waals surface area contributed by atoms with E-state index in [1.807, 2.05) is 18.2 Å². The molecule has 0 spiro atoms. The smallest absolute Gasteiger partial charge is 0.245 e. The van der Waals surface area contributed by atoms with Gasteiger partial charge in [0, 0.05) is 30.4 Å². The summed E-state index contributed by atoms with van der Waals surface area (Å²) in [5.74, 6) is -5.50. The molecule has 0 aliphatic carbocycles. The minimum Gasteiger partial charge on any atom is -0.394 e. The van der Waals surface area contributed by atoms with Crippen LogP contribution in [-0.4, -0.2) is 113 Å². The van der Waals surface area contributed by atoms with Crippen molar-refractivity contribution in [2.45, 2.75) is 82.7 Å². The van der Waals surface area contributed by atoms with Gasteiger partial charge >= 0.3 is 0 Å². The Morgan fingerprint density at radius 1 is 0.714 bits per heavy atom. The Balaban J connectivity index is 2.18. The van der Waals surface area contributed by atoms with Gasteiger partial charge in [0.1, 0.15) is 36.3 Å². The zero-order chi connectivity index (χ0) is 36.7. The van der Waals surface area contributed by atoms with E-state index in [0.717, 1.165) is 17.8 Å². The van der Waals surface area contributed by atoms with E-state index in [1.165, 1.54) is 13.8 Å². The van der Waals surface area contributed by atoms with Crippen LogP contribution in [0.4, 0.5) is 0 Å². The van der Waals surface area contributed by atoms with E-state index in [9.17, 15) is 43.8 Å². The van der Waals surface area contributed by atoms with Crippen LogP contribution in [0, 0.1) is 0 Å². The number of H-pyrrole nitrogens is 1. The second kappa shape index (κ2) is 19.7. The first-order valence-corrected chi connectivity index (χ1v) is 15.8. The first-order valence-electron chi connectivity index (χ1n) is 15.8. The molecule has 49 heavy (non-hydrogen) atoms. The Bertz CT molecular complexity index is 1480. The van der Waals surface area contributed by atoms with Gasteiger partial charge in [-0.2, -0.15) is 0 Å². The number of nitrogens with two attached hydrogens (primary N) is 2. The largest absolute Gasteiger partial charge is 0.394 e. The number of unbranched alkanes of at least 4 members (excludes halogenated alkanes) is 1. The van der Waals surface area contributed by atoms with Crippen molar-refractivity contribution in [3.05, 3.63) is 36.0 Å². The molecular weight excluding hydrogens is 642 g/mol. The Kier molecular flexibility index (Phi) is 16.1. The van der Waals surface area contributed by atoms with Crippen LogP contribution in [0.15, 0.2) is 30.5 Å². The molecule has 0 unspecified atom stereocenters. The summed E-state index contributed by atoms with van der Waals surface area (Å²) in [6, 6.07) is -0.317. The molecule has 0 radical (unpaired) electrons. The number of primary amides is 1. The molecule has 18 nitrogen and oxygen atoms in total. The highest BCUT2D eigenvalue weighted by Gasteiger charge is 2.31. The lowest BCUT2D eigenvalue weighted by Gasteiger charge is -2.25. The van der Waals surface area contributed by atoms with E-state index >= 15 is 0 Å². The summed E-state index contributed by atoms with van der Waals surface area (Å²) in [5, 5.41) is 34.3. The number of aliphatic hydroxyl groups is 2. The zero-order valence-electron chi connectivity index (χ0n) is 27.7. The van der Waals surface area contributed by atoms with Crippen LogP contribution in [-0.2, 0) is 40.0 Å². The summed E-state index contributed by atoms with van der Waals surface area (Å²) in [4.78, 5) is 91.2. The van der Waals surface area contributed by atoms with Crippen molar-refractivity contribution in [3.63, 3.8) is 0 Å². The highest BCUT2D eigenvalue weighted by Crippen LogP contribution is 2.19. The normalized spacial score (nSPS) is 14.7. The van der Waals surface area contributed by atoms with Crippen LogP contribution in [0.1, 0.15) is 45.6 Å². The summed E-state index contributed by atoms with van der Waals surface area (Å²) >= 11 is 0. The standard InChI is InChI=1S/C31H47N9O9/c1-16(27(45)38-22(26(33)44)10-6-7-11-32)35-29(47)23(12-19-13-34-21-9-5-4-8-20(19)21)39-28(46)17(2)36-30(48)25(15-42)40-31(49)24(14-41)37-18(3)43/h4-5,8-9,13,16-17,22-25,34,41-42H,6-7,10-12,14-15,32H2,1-3H3,(H2,33,44)(H,35,47)(H,36,48)(H,37,43)(H,38,45)(H,39,46)(H,40,49)/t16-,17-,22-,23-,24-,25-/m0/s1. The van der Waals surface area contributed by atoms with Crippen LogP contribution in [0.3, 0.4) is 0 Å². The van der Waals surface area contributed by atoms with Gasteiger partial charge in [-0.25, -0.2) is 0 Å². The van der Waals surface area contributed by atoms with Gasteiger partial charge in [0.25, 0.3) is 0 Å². The molecule has 0 saturated carbocycles. The lowest BCUT2D eigenvalue weighted by molar-refractivity contribution is -0.135. The minimum atomic E-state index is -1.55. The van der Waals surface area contributed by atoms with E-state index in [1.54, 1.807) is 12.3 Å². The molecule has 0 aliphatic heterocycles. The molecule has 1 aromatic heterocycles. The van der Waals surface area contributed by atoms with Crippen molar-refractivity contribution in [2.24, 2.45) is 11.5 Å². The van der Waals surface area contributed by atoms with E-state index in [2.05, 4.69) is 36.9 Å². The number of aromatic nitrogens is 1. The fourth-order valence-corrected chi connectivity index (χ4v) is 4.77. The number of fused-ring (bicyclic) bond motifs is 1. The zero-order valence-corrected chi connectivity index (χ0v) is 27.7. The van der Waals surface area contributed by atoms with Crippen molar-refractivity contribution >= 4 is 52.3 Å². The van der Waals surface area contributed by atoms with E-state index in [4.69, 9.17) is 11.5 Å². The van der Waals surface area contributed by atoms with Crippen LogP contribution in [0.2, 0.25) is 0 Å². The molecule has 0 aliphatic rings. The predicted octanol–water partition coefficient (Wildman–Crippen LogP) is -3.72. The van der Waals surface area contributed by atoms with Gasteiger partial charge in [0.2, 0.25) is 41.4 Å². The molecule has 1 aromatic carbocycles. The monoisotopic (exact) mass is 689 g/mol. The Morgan fingerprint density at radius 3 is 1.78 bits per heavy atom. The number of hydrogen-bond donors (Lipinski definition) is 11. The van der Waals surface area contributed by atoms with Crippen molar-refractivity contribution in [1.82, 2.24) is 36.9 Å². The molecule has 1 heterocycles. The number of carbonyl (C=O) groups excluding carboxylic acids is 7. The summed E-state index contributed by atoms with van der Waals surface area (Å²) in [6.07, 6.45) is 3.08. The van der Waals surface area contributed by atoms with Crippen molar-refractivity contribution in [1.29, 1.82) is 0 Å². The van der Waals surface area contributed by atoms with E-state index in [-0.39, 0.29) is 12.8 Å². The average molecular weight is 690 g/mol. The van der Waals surface area contributed by atoms with Gasteiger partial charge in [0.15, 0.2) is 0 Å². The number of aliphatic hydroxyl groups excluding tert-OH is 2. The van der Waals surface area contributed by atoms with Crippen LogP contribution < -0.4 is 43.4 Å². The van der Waals surface area contributed by atoms with Gasteiger partial charge in [-0.3, -0.25) is 33.6 Å². The second-order valence-electron chi connectivity index (χ2n) is 11.5. The summed E-state index contributed by atoms with van der Waals surface area (Å²) in [5.41, 5.74) is 12.4. The Labute approximate surface area is 282 Å². The predicted molar refractivity (Wildman–Crippen MR) is 177 cm³/mol. The van der Waals surface area contributed by atoms with E-state index in [0.29, 0.717) is 24.9 Å². The van der Waals surface area contributed by atoms with E-state index < -0.39 is 90.8 Å². The van der Waals surface area contributed by atoms with Gasteiger partial charge in [-0.15, -0.1) is 0 Å². The highest BCUT2D eigenvalue weighted by atomic mass is 16.3. The maximum atomic E-state index is 13.5. The number of carbonyl (C=O) groups is 7. The number of hydrogen-bond acceptors (Lipinski definition) is 10. The topological polar surface area (TPSA) is 300 Å². The van der Waals surface area contributed by atoms with Gasteiger partial charge in [-0.05, 0) is 51.3 Å². The van der Waals surface area contributed by atoms with Crippen LogP contribution in [0.25, 0.3) is 10.9 Å². The third kappa shape index (κ3) is 12.5. The van der Waals surface area contributed by atoms with Gasteiger partial charge in [-0.1, -0.05) is 18.2 Å². The summed E-state index contributed by atoms with van der Waals surface area (Å²) < 4.78 is 0. The van der Waals surface area contributed by atoms with Gasteiger partial charge < -0.3 is 58.6 Å². The molecule has 18 heteroatoms. The summed E-state index contributed by atoms with van der Waals surface area (Å²) in [7, 11) is 0. The average Bonchev–Trinajstić information content (AvgIpc) is 3.47. The number of rotatable bonds is 20. The third-order valence-electron chi connectivity index (χ3n) is 7.54. The Morgan fingerprint density at radius 2 is 1.22 bits per heavy atom. The fraction of sp³-hybridized carbons (Fsp3) is 0.516. The molecule has 6 atom stereocenters. The molecule has 7 amide bonds. The Hall–Kier alpha value is -5.07. The first-order chi connectivity index (χ1) is 23.2. The second-order valence-corrected chi connectivity index (χ2v) is 11.5. The lowest BCUT2D eigenvalue weighted by atomic mass is 10.0. The molecular formula is C31H47N9O9. The molecule has 13 N–H and O–H groups in total. The van der Waals surface area contributed by atoms with Crippen molar-refractivity contribution in [3.8, 4) is 0 Å². The quantitative estimate of drug-likeness (QED) is 0.0604. The number of amides is 7. The molecule has 2 aromatic rings. The maximum absolute atomic E-state index is 13.5. The minimum absolute atomic E-state index is 0.0272. The van der Waals surface area contributed by atoms with Crippen LogP contribution in [0.5, 0.6) is 0 Å². The molecule has 0 bridgehead atoms. The fourth-order valence-electron chi connectivity index (χ4n) is 4.77. The third-order valence-corrected chi connectivity index (χ3v) is 7.54.